The zero-order chi connectivity index (χ0) is 18.8. The van der Waals surface area contributed by atoms with Gasteiger partial charge in [-0.3, -0.25) is 4.79 Å². The standard InChI is InChI=1S/C23H27N3O/c1-17(21-16-18-10-4-6-12-20(18)24-21)25(2)23(27)19-11-5-7-13-22(19)26-14-8-3-9-15-26/h4-7,10-13,16-17,24H,3,8-9,14-15H2,1-2H3. The topological polar surface area (TPSA) is 39.3 Å². The number of anilines is 1. The maximum Gasteiger partial charge on any atom is 0.256 e. The summed E-state index contributed by atoms with van der Waals surface area (Å²) in [6.45, 7) is 4.14. The van der Waals surface area contributed by atoms with Crippen LogP contribution in [-0.4, -0.2) is 35.9 Å². The maximum absolute atomic E-state index is 13.3. The lowest BCUT2D eigenvalue weighted by Gasteiger charge is -2.32. The van der Waals surface area contributed by atoms with Gasteiger partial charge in [0.1, 0.15) is 0 Å². The van der Waals surface area contributed by atoms with E-state index in [2.05, 4.69) is 41.1 Å². The van der Waals surface area contributed by atoms with Gasteiger partial charge >= 0.3 is 0 Å². The highest BCUT2D eigenvalue weighted by molar-refractivity contribution is 6.00. The Labute approximate surface area is 160 Å². The van der Waals surface area contributed by atoms with Crippen LogP contribution in [0.15, 0.2) is 54.6 Å². The first-order chi connectivity index (χ1) is 13.1. The number of hydrogen-bond acceptors (Lipinski definition) is 2. The van der Waals surface area contributed by atoms with Gasteiger partial charge in [-0.25, -0.2) is 0 Å². The molecule has 0 saturated carbocycles. The Morgan fingerprint density at radius 3 is 2.52 bits per heavy atom. The molecule has 0 bridgehead atoms. The molecule has 1 aliphatic heterocycles. The Hall–Kier alpha value is -2.75. The monoisotopic (exact) mass is 361 g/mol. The van der Waals surface area contributed by atoms with Crippen LogP contribution in [0.25, 0.3) is 10.9 Å². The van der Waals surface area contributed by atoms with Crippen LogP contribution in [0, 0.1) is 0 Å². The van der Waals surface area contributed by atoms with Gasteiger partial charge < -0.3 is 14.8 Å². The summed E-state index contributed by atoms with van der Waals surface area (Å²) in [6, 6.07) is 18.4. The van der Waals surface area contributed by atoms with E-state index in [0.29, 0.717) is 0 Å². The minimum Gasteiger partial charge on any atom is -0.371 e. The fourth-order valence-electron chi connectivity index (χ4n) is 3.96. The zero-order valence-corrected chi connectivity index (χ0v) is 16.1. The average Bonchev–Trinajstić information content (AvgIpc) is 3.17. The van der Waals surface area contributed by atoms with E-state index in [0.717, 1.165) is 35.6 Å². The number of aromatic nitrogens is 1. The second-order valence-electron chi connectivity index (χ2n) is 7.47. The van der Waals surface area contributed by atoms with Crippen molar-refractivity contribution >= 4 is 22.5 Å². The number of hydrogen-bond donors (Lipinski definition) is 1. The van der Waals surface area contributed by atoms with E-state index in [1.165, 1.54) is 24.6 Å². The molecule has 0 radical (unpaired) electrons. The molecule has 0 spiro atoms. The van der Waals surface area contributed by atoms with Crippen molar-refractivity contribution in [3.63, 3.8) is 0 Å². The van der Waals surface area contributed by atoms with Gasteiger partial charge in [0.15, 0.2) is 0 Å². The van der Waals surface area contributed by atoms with Crippen LogP contribution in [0.4, 0.5) is 5.69 Å². The number of piperidine rings is 1. The van der Waals surface area contributed by atoms with Crippen LogP contribution in [0.1, 0.15) is 48.3 Å². The summed E-state index contributed by atoms with van der Waals surface area (Å²) in [5, 5.41) is 1.17. The Morgan fingerprint density at radius 1 is 1.04 bits per heavy atom. The van der Waals surface area contributed by atoms with Crippen molar-refractivity contribution in [2.75, 3.05) is 25.0 Å². The molecule has 2 aromatic carbocycles. The third-order valence-corrected chi connectivity index (χ3v) is 5.73. The molecular weight excluding hydrogens is 334 g/mol. The first kappa shape index (κ1) is 17.7. The number of carbonyl (C=O) groups is 1. The van der Waals surface area contributed by atoms with Gasteiger partial charge in [0.2, 0.25) is 0 Å². The Kier molecular flexibility index (Phi) is 4.88. The first-order valence-corrected chi connectivity index (χ1v) is 9.84. The van der Waals surface area contributed by atoms with Crippen LogP contribution in [-0.2, 0) is 0 Å². The number of aromatic amines is 1. The smallest absolute Gasteiger partial charge is 0.256 e. The molecule has 140 valence electrons. The van der Waals surface area contributed by atoms with Gasteiger partial charge in [0.25, 0.3) is 5.91 Å². The predicted molar refractivity (Wildman–Crippen MR) is 111 cm³/mol. The molecule has 2 heterocycles. The number of nitrogens with one attached hydrogen (secondary N) is 1. The second kappa shape index (κ2) is 7.47. The Balaban J connectivity index is 1.60. The average molecular weight is 361 g/mol. The van der Waals surface area contributed by atoms with Crippen LogP contribution in [0.5, 0.6) is 0 Å². The number of carbonyl (C=O) groups excluding carboxylic acids is 1. The maximum atomic E-state index is 13.3. The lowest BCUT2D eigenvalue weighted by atomic mass is 10.1. The molecule has 1 saturated heterocycles. The van der Waals surface area contributed by atoms with E-state index in [-0.39, 0.29) is 11.9 Å². The molecule has 1 aromatic heterocycles. The molecular formula is C23H27N3O. The Bertz CT molecular complexity index is 906. The molecule has 4 heteroatoms. The van der Waals surface area contributed by atoms with Crippen LogP contribution in [0.3, 0.4) is 0 Å². The number of benzene rings is 2. The number of amides is 1. The molecule has 1 fully saturated rings. The normalized spacial score (nSPS) is 15.7. The minimum absolute atomic E-state index is 0.0284. The second-order valence-corrected chi connectivity index (χ2v) is 7.47. The van der Waals surface area contributed by atoms with Crippen molar-refractivity contribution in [1.29, 1.82) is 0 Å². The van der Waals surface area contributed by atoms with E-state index in [1.807, 2.05) is 42.3 Å². The lowest BCUT2D eigenvalue weighted by molar-refractivity contribution is 0.0741. The van der Waals surface area contributed by atoms with Crippen molar-refractivity contribution in [2.45, 2.75) is 32.2 Å². The molecule has 0 aliphatic carbocycles. The molecule has 3 aromatic rings. The van der Waals surface area contributed by atoms with Crippen molar-refractivity contribution in [1.82, 2.24) is 9.88 Å². The summed E-state index contributed by atoms with van der Waals surface area (Å²) in [5.74, 6) is 0.0716. The van der Waals surface area contributed by atoms with E-state index in [1.54, 1.807) is 0 Å². The van der Waals surface area contributed by atoms with Crippen molar-refractivity contribution < 1.29 is 4.79 Å². The zero-order valence-electron chi connectivity index (χ0n) is 16.1. The molecule has 1 atom stereocenters. The minimum atomic E-state index is -0.0284. The van der Waals surface area contributed by atoms with E-state index in [4.69, 9.17) is 0 Å². The highest BCUT2D eigenvalue weighted by Gasteiger charge is 2.24. The number of H-pyrrole nitrogens is 1. The number of rotatable bonds is 4. The third kappa shape index (κ3) is 3.44. The van der Waals surface area contributed by atoms with E-state index in [9.17, 15) is 4.79 Å². The fraction of sp³-hybridized carbons (Fsp3) is 0.348. The third-order valence-electron chi connectivity index (χ3n) is 5.73. The summed E-state index contributed by atoms with van der Waals surface area (Å²) in [4.78, 5) is 21.0. The molecule has 4 rings (SSSR count). The summed E-state index contributed by atoms with van der Waals surface area (Å²) >= 11 is 0. The van der Waals surface area contributed by atoms with Crippen LogP contribution < -0.4 is 4.90 Å². The van der Waals surface area contributed by atoms with Gasteiger partial charge in [-0.05, 0) is 55.8 Å². The molecule has 1 amide bonds. The quantitative estimate of drug-likeness (QED) is 0.711. The number of fused-ring (bicyclic) bond motifs is 1. The highest BCUT2D eigenvalue weighted by atomic mass is 16.2. The Morgan fingerprint density at radius 2 is 1.74 bits per heavy atom. The largest absolute Gasteiger partial charge is 0.371 e. The molecule has 1 aliphatic rings. The van der Waals surface area contributed by atoms with Gasteiger partial charge in [-0.1, -0.05) is 30.3 Å². The summed E-state index contributed by atoms with van der Waals surface area (Å²) < 4.78 is 0. The lowest BCUT2D eigenvalue weighted by Crippen LogP contribution is -2.34. The predicted octanol–water partition coefficient (Wildman–Crippen LogP) is 4.99. The first-order valence-electron chi connectivity index (χ1n) is 9.84. The van der Waals surface area contributed by atoms with Gasteiger partial charge in [-0.15, -0.1) is 0 Å². The van der Waals surface area contributed by atoms with Crippen molar-refractivity contribution in [2.24, 2.45) is 0 Å². The van der Waals surface area contributed by atoms with Crippen LogP contribution >= 0.6 is 0 Å². The van der Waals surface area contributed by atoms with Crippen molar-refractivity contribution in [3.8, 4) is 0 Å². The van der Waals surface area contributed by atoms with E-state index >= 15 is 0 Å². The molecule has 1 unspecified atom stereocenters. The van der Waals surface area contributed by atoms with Crippen LogP contribution in [0.2, 0.25) is 0 Å². The molecule has 27 heavy (non-hydrogen) atoms. The summed E-state index contributed by atoms with van der Waals surface area (Å²) in [6.07, 6.45) is 3.68. The van der Waals surface area contributed by atoms with Gasteiger partial charge in [0, 0.05) is 37.0 Å². The van der Waals surface area contributed by atoms with Crippen molar-refractivity contribution in [3.05, 3.63) is 65.9 Å². The summed E-state index contributed by atoms with van der Waals surface area (Å²) in [7, 11) is 1.89. The fourth-order valence-corrected chi connectivity index (χ4v) is 3.96. The van der Waals surface area contributed by atoms with Gasteiger partial charge in [-0.2, -0.15) is 0 Å². The molecule has 1 N–H and O–H groups in total. The number of para-hydroxylation sites is 2. The van der Waals surface area contributed by atoms with E-state index < -0.39 is 0 Å². The molecule has 4 nitrogen and oxygen atoms in total. The summed E-state index contributed by atoms with van der Waals surface area (Å²) in [5.41, 5.74) is 4.03. The van der Waals surface area contributed by atoms with Gasteiger partial charge in [0.05, 0.1) is 11.6 Å². The number of nitrogens with zero attached hydrogens (tertiary/aromatic N) is 2. The highest BCUT2D eigenvalue weighted by Crippen LogP contribution is 2.28. The SMILES string of the molecule is CC(c1cc2ccccc2[nH]1)N(C)C(=O)c1ccccc1N1CCCCC1.